The molecule has 1 aliphatic heterocycles. The molecule has 1 unspecified atom stereocenters. The number of carbonyl (C=O) groups excluding carboxylic acids is 1. The third-order valence-electron chi connectivity index (χ3n) is 2.28. The first-order valence-corrected chi connectivity index (χ1v) is 4.89. The smallest absolute Gasteiger partial charge is 0.229 e. The van der Waals surface area contributed by atoms with Crippen LogP contribution in [0.5, 0.6) is 0 Å². The van der Waals surface area contributed by atoms with E-state index in [1.165, 1.54) is 0 Å². The summed E-state index contributed by atoms with van der Waals surface area (Å²) >= 11 is 4.27. The molecule has 1 atom stereocenters. The molecule has 0 spiro atoms. The Hall–Kier alpha value is -1.00. The third-order valence-corrected chi connectivity index (χ3v) is 2.66. The summed E-state index contributed by atoms with van der Waals surface area (Å²) in [5, 5.41) is 9.33. The first-order valence-electron chi connectivity index (χ1n) is 4.45. The van der Waals surface area contributed by atoms with Gasteiger partial charge >= 0.3 is 0 Å². The van der Waals surface area contributed by atoms with Crippen LogP contribution in [-0.4, -0.2) is 23.7 Å². The van der Waals surface area contributed by atoms with Gasteiger partial charge in [0, 0.05) is 4.90 Å². The Morgan fingerprint density at radius 3 is 2.71 bits per heavy atom. The lowest BCUT2D eigenvalue weighted by atomic mass is 10.3. The van der Waals surface area contributed by atoms with E-state index in [1.54, 1.807) is 4.90 Å². The van der Waals surface area contributed by atoms with Crippen molar-refractivity contribution in [3.05, 3.63) is 24.3 Å². The maximum absolute atomic E-state index is 11.5. The van der Waals surface area contributed by atoms with E-state index in [4.69, 9.17) is 0 Å². The van der Waals surface area contributed by atoms with E-state index in [0.717, 1.165) is 10.6 Å². The highest BCUT2D eigenvalue weighted by molar-refractivity contribution is 7.80. The minimum Gasteiger partial charge on any atom is -0.391 e. The maximum atomic E-state index is 11.5. The minimum absolute atomic E-state index is 0.0426. The topological polar surface area (TPSA) is 40.5 Å². The first-order chi connectivity index (χ1) is 6.68. The van der Waals surface area contributed by atoms with E-state index in [0.29, 0.717) is 6.54 Å². The number of nitrogens with zero attached hydrogens (tertiary/aromatic N) is 1. The lowest BCUT2D eigenvalue weighted by Gasteiger charge is -2.17. The van der Waals surface area contributed by atoms with Crippen LogP contribution in [0.2, 0.25) is 0 Å². The van der Waals surface area contributed by atoms with Gasteiger partial charge in [-0.25, -0.2) is 0 Å². The summed E-state index contributed by atoms with van der Waals surface area (Å²) in [6.45, 7) is 0.371. The summed E-state index contributed by atoms with van der Waals surface area (Å²) in [5.41, 5.74) is 0.775. The van der Waals surface area contributed by atoms with Gasteiger partial charge in [-0.3, -0.25) is 4.79 Å². The van der Waals surface area contributed by atoms with Crippen LogP contribution in [-0.2, 0) is 4.79 Å². The van der Waals surface area contributed by atoms with Crippen LogP contribution in [0.3, 0.4) is 0 Å². The Kier molecular flexibility index (Phi) is 2.48. The van der Waals surface area contributed by atoms with Crippen molar-refractivity contribution in [1.82, 2.24) is 0 Å². The SMILES string of the molecule is O=C1CC(O)CN1c1ccccc1S. The zero-order valence-electron chi connectivity index (χ0n) is 7.55. The van der Waals surface area contributed by atoms with Gasteiger partial charge in [0.25, 0.3) is 0 Å². The van der Waals surface area contributed by atoms with Crippen molar-refractivity contribution >= 4 is 24.2 Å². The number of rotatable bonds is 1. The minimum atomic E-state index is -0.546. The van der Waals surface area contributed by atoms with Gasteiger partial charge in [0.05, 0.1) is 24.8 Å². The van der Waals surface area contributed by atoms with Crippen molar-refractivity contribution in [3.8, 4) is 0 Å². The Labute approximate surface area is 87.8 Å². The second kappa shape index (κ2) is 3.63. The van der Waals surface area contributed by atoms with Crippen LogP contribution in [0, 0.1) is 0 Å². The number of para-hydroxylation sites is 1. The fourth-order valence-electron chi connectivity index (χ4n) is 1.61. The number of β-amino-alcohol motifs (C(OH)–C–C–N with tert-alkyl or cyclic N) is 1. The number of thiol groups is 1. The van der Waals surface area contributed by atoms with Crippen LogP contribution in [0.25, 0.3) is 0 Å². The van der Waals surface area contributed by atoms with Crippen molar-refractivity contribution in [2.24, 2.45) is 0 Å². The lowest BCUT2D eigenvalue weighted by molar-refractivity contribution is -0.117. The van der Waals surface area contributed by atoms with Gasteiger partial charge in [-0.05, 0) is 12.1 Å². The standard InChI is InChI=1S/C10H11NO2S/c12-7-5-10(13)11(6-7)8-3-1-2-4-9(8)14/h1-4,7,12,14H,5-6H2. The highest BCUT2D eigenvalue weighted by atomic mass is 32.1. The number of hydrogen-bond donors (Lipinski definition) is 2. The third kappa shape index (κ3) is 1.63. The molecular formula is C10H11NO2S. The van der Waals surface area contributed by atoms with Gasteiger partial charge in [0.1, 0.15) is 0 Å². The van der Waals surface area contributed by atoms with Crippen LogP contribution in [0.15, 0.2) is 29.2 Å². The molecule has 1 heterocycles. The van der Waals surface area contributed by atoms with E-state index in [2.05, 4.69) is 12.6 Å². The molecule has 1 N–H and O–H groups in total. The molecule has 0 bridgehead atoms. The molecule has 0 aliphatic carbocycles. The van der Waals surface area contributed by atoms with E-state index >= 15 is 0 Å². The summed E-state index contributed by atoms with van der Waals surface area (Å²) in [4.78, 5) is 13.8. The summed E-state index contributed by atoms with van der Waals surface area (Å²) in [6.07, 6.45) is -0.335. The van der Waals surface area contributed by atoms with Gasteiger partial charge in [-0.15, -0.1) is 12.6 Å². The molecule has 2 rings (SSSR count). The van der Waals surface area contributed by atoms with E-state index in [9.17, 15) is 9.90 Å². The fourth-order valence-corrected chi connectivity index (χ4v) is 1.90. The molecular weight excluding hydrogens is 198 g/mol. The number of benzene rings is 1. The molecule has 1 fully saturated rings. The second-order valence-corrected chi connectivity index (χ2v) is 3.83. The Morgan fingerprint density at radius 2 is 2.14 bits per heavy atom. The molecule has 1 aromatic rings. The molecule has 4 heteroatoms. The predicted molar refractivity (Wildman–Crippen MR) is 56.7 cm³/mol. The Bertz CT molecular complexity index is 367. The van der Waals surface area contributed by atoms with Crippen molar-refractivity contribution in [3.63, 3.8) is 0 Å². The van der Waals surface area contributed by atoms with Gasteiger partial charge in [0.2, 0.25) is 5.91 Å². The summed E-state index contributed by atoms with van der Waals surface area (Å²) in [6, 6.07) is 7.38. The maximum Gasteiger partial charge on any atom is 0.229 e. The molecule has 1 amide bonds. The molecule has 74 valence electrons. The quantitative estimate of drug-likeness (QED) is 0.679. The predicted octanol–water partition coefficient (Wildman–Crippen LogP) is 1.07. The van der Waals surface area contributed by atoms with Crippen LogP contribution >= 0.6 is 12.6 Å². The summed E-state index contributed by atoms with van der Waals surface area (Å²) < 4.78 is 0. The van der Waals surface area contributed by atoms with E-state index in [1.807, 2.05) is 24.3 Å². The number of hydrogen-bond acceptors (Lipinski definition) is 3. The molecule has 3 nitrogen and oxygen atoms in total. The van der Waals surface area contributed by atoms with Gasteiger partial charge < -0.3 is 10.0 Å². The summed E-state index contributed by atoms with van der Waals surface area (Å²) in [7, 11) is 0. The highest BCUT2D eigenvalue weighted by Crippen LogP contribution is 2.27. The summed E-state index contributed by atoms with van der Waals surface area (Å²) in [5.74, 6) is -0.0426. The van der Waals surface area contributed by atoms with Gasteiger partial charge in [-0.1, -0.05) is 12.1 Å². The van der Waals surface area contributed by atoms with Gasteiger partial charge in [-0.2, -0.15) is 0 Å². The van der Waals surface area contributed by atoms with Crippen molar-refractivity contribution in [2.75, 3.05) is 11.4 Å². The highest BCUT2D eigenvalue weighted by Gasteiger charge is 2.29. The molecule has 0 aromatic heterocycles. The average molecular weight is 209 g/mol. The van der Waals surface area contributed by atoms with E-state index in [-0.39, 0.29) is 12.3 Å². The number of amides is 1. The average Bonchev–Trinajstić information content (AvgIpc) is 2.46. The van der Waals surface area contributed by atoms with Crippen molar-refractivity contribution in [2.45, 2.75) is 17.4 Å². The molecule has 1 aromatic carbocycles. The first kappa shape index (κ1) is 9.55. The largest absolute Gasteiger partial charge is 0.391 e. The zero-order chi connectivity index (χ0) is 10.1. The lowest BCUT2D eigenvalue weighted by Crippen LogP contribution is -2.25. The Morgan fingerprint density at radius 1 is 1.43 bits per heavy atom. The van der Waals surface area contributed by atoms with Gasteiger partial charge in [0.15, 0.2) is 0 Å². The molecule has 1 aliphatic rings. The molecule has 1 saturated heterocycles. The molecule has 0 radical (unpaired) electrons. The van der Waals surface area contributed by atoms with Crippen LogP contribution < -0.4 is 4.90 Å². The van der Waals surface area contributed by atoms with Crippen LogP contribution in [0.1, 0.15) is 6.42 Å². The monoisotopic (exact) mass is 209 g/mol. The van der Waals surface area contributed by atoms with Crippen LogP contribution in [0.4, 0.5) is 5.69 Å². The normalized spacial score (nSPS) is 21.7. The number of aliphatic hydroxyl groups excluding tert-OH is 1. The van der Waals surface area contributed by atoms with E-state index < -0.39 is 6.10 Å². The molecule has 14 heavy (non-hydrogen) atoms. The number of carbonyl (C=O) groups is 1. The molecule has 0 saturated carbocycles. The number of anilines is 1. The number of aliphatic hydroxyl groups is 1. The second-order valence-electron chi connectivity index (χ2n) is 3.35. The van der Waals surface area contributed by atoms with Crippen molar-refractivity contribution in [1.29, 1.82) is 0 Å². The Balaban J connectivity index is 2.32. The fraction of sp³-hybridized carbons (Fsp3) is 0.300. The zero-order valence-corrected chi connectivity index (χ0v) is 8.45. The van der Waals surface area contributed by atoms with Crippen molar-refractivity contribution < 1.29 is 9.90 Å².